The lowest BCUT2D eigenvalue weighted by atomic mass is 9.83. The summed E-state index contributed by atoms with van der Waals surface area (Å²) in [5.74, 6) is -1.27. The van der Waals surface area contributed by atoms with Gasteiger partial charge in [0.25, 0.3) is 11.8 Å². The Labute approximate surface area is 201 Å². The number of benzene rings is 1. The summed E-state index contributed by atoms with van der Waals surface area (Å²) in [6, 6.07) is 4.53. The lowest BCUT2D eigenvalue weighted by Gasteiger charge is -2.29. The Bertz CT molecular complexity index is 1250. The molecule has 1 aromatic heterocycles. The first-order valence-corrected chi connectivity index (χ1v) is 12.0. The van der Waals surface area contributed by atoms with Gasteiger partial charge in [-0.2, -0.15) is 0 Å². The second-order valence-electron chi connectivity index (χ2n) is 10.1. The van der Waals surface area contributed by atoms with Crippen LogP contribution in [0.2, 0.25) is 0 Å². The molecule has 0 bridgehead atoms. The first-order chi connectivity index (χ1) is 16.8. The number of fused-ring (bicyclic) bond motifs is 1. The van der Waals surface area contributed by atoms with Gasteiger partial charge in [-0.05, 0) is 43.0 Å². The van der Waals surface area contributed by atoms with Crippen LogP contribution < -0.4 is 5.32 Å². The van der Waals surface area contributed by atoms with Gasteiger partial charge in [0, 0.05) is 37.0 Å². The van der Waals surface area contributed by atoms with E-state index in [0.717, 1.165) is 31.2 Å². The minimum atomic E-state index is -0.675. The van der Waals surface area contributed by atoms with Gasteiger partial charge in [0.2, 0.25) is 11.8 Å². The number of carbonyl (C=O) groups is 4. The summed E-state index contributed by atoms with van der Waals surface area (Å²) in [6.07, 6.45) is 5.60. The van der Waals surface area contributed by atoms with Crippen molar-refractivity contribution in [2.75, 3.05) is 13.1 Å². The average Bonchev–Trinajstić information content (AvgIpc) is 3.62. The molecule has 4 aliphatic rings. The van der Waals surface area contributed by atoms with E-state index in [1.165, 1.54) is 9.58 Å². The molecule has 1 saturated carbocycles. The summed E-state index contributed by atoms with van der Waals surface area (Å²) in [7, 11) is 0. The molecule has 1 aliphatic carbocycles. The summed E-state index contributed by atoms with van der Waals surface area (Å²) in [5.41, 5.74) is 1.90. The van der Waals surface area contributed by atoms with Crippen molar-refractivity contribution in [3.8, 4) is 5.69 Å². The van der Waals surface area contributed by atoms with Crippen LogP contribution in [0.25, 0.3) is 5.69 Å². The predicted molar refractivity (Wildman–Crippen MR) is 120 cm³/mol. The van der Waals surface area contributed by atoms with Crippen molar-refractivity contribution in [2.45, 2.75) is 57.2 Å². The zero-order valence-corrected chi connectivity index (χ0v) is 19.1. The predicted octanol–water partition coefficient (Wildman–Crippen LogP) is 0.405. The maximum absolute atomic E-state index is 13.1. The van der Waals surface area contributed by atoms with Crippen LogP contribution in [0.3, 0.4) is 0 Å². The van der Waals surface area contributed by atoms with Crippen LogP contribution in [0.1, 0.15) is 64.9 Å². The molecule has 2 aromatic rings. The number of rotatable bonds is 3. The van der Waals surface area contributed by atoms with E-state index in [1.807, 2.05) is 0 Å². The Morgan fingerprint density at radius 3 is 2.74 bits per heavy atom. The summed E-state index contributed by atoms with van der Waals surface area (Å²) in [6.45, 7) is 1.10. The van der Waals surface area contributed by atoms with Gasteiger partial charge in [0.05, 0.1) is 18.0 Å². The fourth-order valence-electron chi connectivity index (χ4n) is 6.03. The van der Waals surface area contributed by atoms with Gasteiger partial charge in [-0.15, -0.1) is 5.10 Å². The van der Waals surface area contributed by atoms with Gasteiger partial charge < -0.3 is 14.9 Å². The van der Waals surface area contributed by atoms with Crippen LogP contribution in [0, 0.1) is 5.41 Å². The third-order valence-corrected chi connectivity index (χ3v) is 7.98. The largest absolute Gasteiger partial charge is 0.391 e. The van der Waals surface area contributed by atoms with Crippen LogP contribution in [0.5, 0.6) is 0 Å². The number of piperidine rings is 1. The lowest BCUT2D eigenvalue weighted by molar-refractivity contribution is -0.136. The molecule has 2 unspecified atom stereocenters. The number of aliphatic hydroxyl groups is 1. The molecular weight excluding hydrogens is 452 g/mol. The SMILES string of the molecule is O=C1CCC(N2Cc3cc(-n4cc(C(=O)N5CC(O)C6(CCCC6)C5)nn4)ccc3C2=O)C(=O)N1. The highest BCUT2D eigenvalue weighted by Gasteiger charge is 2.49. The summed E-state index contributed by atoms with van der Waals surface area (Å²) < 4.78 is 1.49. The standard InChI is InChI=1S/C24H26N6O5/c31-19-12-28(13-24(19)7-1-2-8-24)23(35)17-11-30(27-26-17)15-3-4-16-14(9-15)10-29(22(16)34)18-5-6-20(32)25-21(18)33/h3-4,9,11,18-19,31H,1-2,5-8,10,12-13H2,(H,25,32,33). The number of aliphatic hydroxyl groups excluding tert-OH is 1. The van der Waals surface area contributed by atoms with E-state index in [2.05, 4.69) is 15.6 Å². The quantitative estimate of drug-likeness (QED) is 0.609. The molecule has 2 saturated heterocycles. The third-order valence-electron chi connectivity index (χ3n) is 7.98. The summed E-state index contributed by atoms with van der Waals surface area (Å²) in [5, 5.41) is 21.1. The molecule has 3 aliphatic heterocycles. The van der Waals surface area contributed by atoms with E-state index in [-0.39, 0.29) is 41.8 Å². The Hall–Kier alpha value is -3.60. The lowest BCUT2D eigenvalue weighted by Crippen LogP contribution is -2.52. The van der Waals surface area contributed by atoms with E-state index < -0.39 is 18.1 Å². The number of hydrogen-bond acceptors (Lipinski definition) is 7. The van der Waals surface area contributed by atoms with Gasteiger partial charge >= 0.3 is 0 Å². The number of β-amino-alcohol motifs (C(OH)–C–C–N with tert-alkyl or cyclic N) is 1. The molecule has 35 heavy (non-hydrogen) atoms. The second-order valence-corrected chi connectivity index (χ2v) is 10.1. The highest BCUT2D eigenvalue weighted by molar-refractivity contribution is 6.05. The van der Waals surface area contributed by atoms with Crippen LogP contribution in [-0.2, 0) is 16.1 Å². The molecule has 11 nitrogen and oxygen atoms in total. The van der Waals surface area contributed by atoms with Crippen molar-refractivity contribution in [1.82, 2.24) is 30.1 Å². The molecule has 4 amide bonds. The zero-order valence-electron chi connectivity index (χ0n) is 19.1. The molecule has 6 rings (SSSR count). The topological polar surface area (TPSA) is 138 Å². The van der Waals surface area contributed by atoms with E-state index >= 15 is 0 Å². The highest BCUT2D eigenvalue weighted by atomic mass is 16.3. The molecule has 4 heterocycles. The van der Waals surface area contributed by atoms with Gasteiger partial charge in [0.1, 0.15) is 6.04 Å². The van der Waals surface area contributed by atoms with Gasteiger partial charge in [-0.1, -0.05) is 18.1 Å². The average molecular weight is 479 g/mol. The van der Waals surface area contributed by atoms with Gasteiger partial charge in [-0.3, -0.25) is 24.5 Å². The van der Waals surface area contributed by atoms with Crippen LogP contribution in [0.15, 0.2) is 24.4 Å². The van der Waals surface area contributed by atoms with Crippen molar-refractivity contribution in [1.29, 1.82) is 0 Å². The van der Waals surface area contributed by atoms with Gasteiger partial charge in [0.15, 0.2) is 5.69 Å². The molecule has 1 spiro atoms. The number of nitrogens with one attached hydrogen (secondary N) is 1. The Morgan fingerprint density at radius 2 is 1.97 bits per heavy atom. The van der Waals surface area contributed by atoms with Crippen molar-refractivity contribution in [2.24, 2.45) is 5.41 Å². The number of nitrogens with zero attached hydrogens (tertiary/aromatic N) is 5. The number of carbonyl (C=O) groups excluding carboxylic acids is 4. The molecule has 2 atom stereocenters. The molecule has 182 valence electrons. The minimum Gasteiger partial charge on any atom is -0.391 e. The summed E-state index contributed by atoms with van der Waals surface area (Å²) in [4.78, 5) is 52.8. The Kier molecular flexibility index (Phi) is 4.99. The van der Waals surface area contributed by atoms with Crippen LogP contribution in [0.4, 0.5) is 0 Å². The van der Waals surface area contributed by atoms with Gasteiger partial charge in [-0.25, -0.2) is 4.68 Å². The summed E-state index contributed by atoms with van der Waals surface area (Å²) >= 11 is 0. The first-order valence-electron chi connectivity index (χ1n) is 12.0. The Balaban J connectivity index is 1.19. The maximum atomic E-state index is 13.1. The first kappa shape index (κ1) is 21.9. The number of hydrogen-bond donors (Lipinski definition) is 2. The molecule has 1 aromatic carbocycles. The number of aromatic nitrogens is 3. The highest BCUT2D eigenvalue weighted by Crippen LogP contribution is 2.45. The van der Waals surface area contributed by atoms with Crippen LogP contribution >= 0.6 is 0 Å². The maximum Gasteiger partial charge on any atom is 0.276 e. The van der Waals surface area contributed by atoms with E-state index in [9.17, 15) is 24.3 Å². The molecule has 11 heteroatoms. The number of imide groups is 1. The third kappa shape index (κ3) is 3.53. The second kappa shape index (κ2) is 7.98. The fourth-order valence-corrected chi connectivity index (χ4v) is 6.03. The van der Waals surface area contributed by atoms with E-state index in [1.54, 1.807) is 29.3 Å². The number of amides is 4. The van der Waals surface area contributed by atoms with Crippen molar-refractivity contribution in [3.63, 3.8) is 0 Å². The van der Waals surface area contributed by atoms with Crippen molar-refractivity contribution in [3.05, 3.63) is 41.2 Å². The molecule has 3 fully saturated rings. The Morgan fingerprint density at radius 1 is 1.17 bits per heavy atom. The molecular formula is C24H26N6O5. The molecule has 2 N–H and O–H groups in total. The van der Waals surface area contributed by atoms with Crippen molar-refractivity contribution < 1.29 is 24.3 Å². The van der Waals surface area contributed by atoms with Crippen LogP contribution in [-0.4, -0.2) is 78.8 Å². The molecule has 0 radical (unpaired) electrons. The monoisotopic (exact) mass is 478 g/mol. The van der Waals surface area contributed by atoms with E-state index in [0.29, 0.717) is 30.8 Å². The number of likely N-dealkylation sites (tertiary alicyclic amines) is 1. The van der Waals surface area contributed by atoms with E-state index in [4.69, 9.17) is 0 Å². The minimum absolute atomic E-state index is 0.188. The normalized spacial score (nSPS) is 25.5. The smallest absolute Gasteiger partial charge is 0.276 e. The fraction of sp³-hybridized carbons (Fsp3) is 0.500. The zero-order chi connectivity index (χ0) is 24.3. The van der Waals surface area contributed by atoms with Crippen molar-refractivity contribution >= 4 is 23.6 Å².